The second kappa shape index (κ2) is 9.56. The quantitative estimate of drug-likeness (QED) is 0.524. The number of aryl methyl sites for hydroxylation is 1. The monoisotopic (exact) mass is 415 g/mol. The van der Waals surface area contributed by atoms with Gasteiger partial charge in [-0.1, -0.05) is 12.2 Å². The highest BCUT2D eigenvalue weighted by Gasteiger charge is 2.21. The standard InChI is InChI=1S/C22H28FN5O2.H2/c1-14-11-16(21(29)30-4)17(23)12-18(14)26-22-25-13-19(24-2)20(27-22)28(3)15-9-7-5-6-8-10-15;/h5-6,11-13,15,24H,7-10H2,1-4H3,(H,25,26,27);1H. The van der Waals surface area contributed by atoms with Crippen LogP contribution in [0.4, 0.5) is 27.5 Å². The molecular formula is C22H30FN5O2. The molecule has 162 valence electrons. The number of hydrogen-bond acceptors (Lipinski definition) is 7. The maximum Gasteiger partial charge on any atom is 0.340 e. The van der Waals surface area contributed by atoms with E-state index in [4.69, 9.17) is 4.98 Å². The number of methoxy groups -OCH3 is 1. The number of nitrogens with zero attached hydrogens (tertiary/aromatic N) is 3. The maximum atomic E-state index is 14.4. The molecule has 30 heavy (non-hydrogen) atoms. The lowest BCUT2D eigenvalue weighted by atomic mass is 10.1. The van der Waals surface area contributed by atoms with E-state index in [1.165, 1.54) is 19.2 Å². The Balaban J connectivity index is 0.00000341. The van der Waals surface area contributed by atoms with Crippen LogP contribution in [0.1, 0.15) is 43.0 Å². The van der Waals surface area contributed by atoms with Gasteiger partial charge in [0.05, 0.1) is 24.6 Å². The molecule has 2 N–H and O–H groups in total. The molecule has 0 atom stereocenters. The summed E-state index contributed by atoms with van der Waals surface area (Å²) in [6, 6.07) is 3.09. The van der Waals surface area contributed by atoms with Crippen molar-refractivity contribution in [2.24, 2.45) is 0 Å². The Bertz CT molecular complexity index is 944. The third-order valence-electron chi connectivity index (χ3n) is 5.39. The summed E-state index contributed by atoms with van der Waals surface area (Å²) in [5.41, 5.74) is 1.89. The Hall–Kier alpha value is -3.16. The molecule has 0 bridgehead atoms. The first kappa shape index (κ1) is 21.5. The maximum absolute atomic E-state index is 14.4. The molecule has 1 aliphatic carbocycles. The number of rotatable bonds is 6. The zero-order chi connectivity index (χ0) is 21.7. The van der Waals surface area contributed by atoms with Crippen LogP contribution in [0, 0.1) is 12.7 Å². The second-order valence-electron chi connectivity index (χ2n) is 7.34. The molecule has 0 radical (unpaired) electrons. The number of carbonyl (C=O) groups is 1. The van der Waals surface area contributed by atoms with Crippen LogP contribution in [0.15, 0.2) is 30.5 Å². The molecule has 0 aliphatic heterocycles. The van der Waals surface area contributed by atoms with Crippen molar-refractivity contribution in [2.45, 2.75) is 38.6 Å². The van der Waals surface area contributed by atoms with Gasteiger partial charge in [-0.2, -0.15) is 4.98 Å². The van der Waals surface area contributed by atoms with E-state index in [1.54, 1.807) is 13.1 Å². The van der Waals surface area contributed by atoms with Gasteiger partial charge in [-0.15, -0.1) is 0 Å². The van der Waals surface area contributed by atoms with Gasteiger partial charge in [0, 0.05) is 27.3 Å². The van der Waals surface area contributed by atoms with E-state index in [0.29, 0.717) is 23.2 Å². The van der Waals surface area contributed by atoms with Gasteiger partial charge in [0.15, 0.2) is 5.82 Å². The molecule has 1 aromatic carbocycles. The van der Waals surface area contributed by atoms with Crippen LogP contribution in [0.3, 0.4) is 0 Å². The van der Waals surface area contributed by atoms with Gasteiger partial charge >= 0.3 is 5.97 Å². The minimum Gasteiger partial charge on any atom is -0.465 e. The Morgan fingerprint density at radius 2 is 1.97 bits per heavy atom. The molecule has 0 spiro atoms. The minimum absolute atomic E-state index is 0. The highest BCUT2D eigenvalue weighted by atomic mass is 19.1. The number of carbonyl (C=O) groups excluding carboxylic acids is 1. The average Bonchev–Trinajstić information content (AvgIpc) is 3.04. The van der Waals surface area contributed by atoms with Crippen molar-refractivity contribution < 1.29 is 15.3 Å². The van der Waals surface area contributed by atoms with Crippen molar-refractivity contribution in [1.29, 1.82) is 0 Å². The number of hydrogen-bond donors (Lipinski definition) is 2. The lowest BCUT2D eigenvalue weighted by Crippen LogP contribution is -2.32. The normalized spacial score (nSPS) is 14.2. The summed E-state index contributed by atoms with van der Waals surface area (Å²) in [6.45, 7) is 1.78. The van der Waals surface area contributed by atoms with E-state index in [-0.39, 0.29) is 6.99 Å². The fraction of sp³-hybridized carbons (Fsp3) is 0.409. The highest BCUT2D eigenvalue weighted by Crippen LogP contribution is 2.30. The van der Waals surface area contributed by atoms with Crippen LogP contribution >= 0.6 is 0 Å². The lowest BCUT2D eigenvalue weighted by molar-refractivity contribution is 0.0595. The van der Waals surface area contributed by atoms with E-state index in [0.717, 1.165) is 37.2 Å². The Kier molecular flexibility index (Phi) is 6.87. The number of allylic oxidation sites excluding steroid dienone is 2. The fourth-order valence-electron chi connectivity index (χ4n) is 3.60. The van der Waals surface area contributed by atoms with Crippen molar-refractivity contribution in [3.05, 3.63) is 47.4 Å². The van der Waals surface area contributed by atoms with Crippen molar-refractivity contribution >= 4 is 29.1 Å². The molecule has 0 saturated heterocycles. The molecule has 8 heteroatoms. The zero-order valence-corrected chi connectivity index (χ0v) is 17.8. The highest BCUT2D eigenvalue weighted by molar-refractivity contribution is 5.90. The van der Waals surface area contributed by atoms with Gasteiger partial charge in [0.2, 0.25) is 5.95 Å². The van der Waals surface area contributed by atoms with Crippen LogP contribution in [0.2, 0.25) is 0 Å². The van der Waals surface area contributed by atoms with E-state index in [9.17, 15) is 9.18 Å². The van der Waals surface area contributed by atoms with Crippen LogP contribution < -0.4 is 15.5 Å². The van der Waals surface area contributed by atoms with Crippen molar-refractivity contribution in [3.63, 3.8) is 0 Å². The Morgan fingerprint density at radius 3 is 2.60 bits per heavy atom. The van der Waals surface area contributed by atoms with Crippen LogP contribution in [-0.2, 0) is 4.74 Å². The van der Waals surface area contributed by atoms with E-state index in [2.05, 4.69) is 37.4 Å². The number of benzene rings is 1. The number of esters is 1. The minimum atomic E-state index is -0.710. The molecule has 0 amide bonds. The number of anilines is 4. The topological polar surface area (TPSA) is 79.4 Å². The molecule has 0 saturated carbocycles. The summed E-state index contributed by atoms with van der Waals surface area (Å²) >= 11 is 0. The number of nitrogens with one attached hydrogen (secondary N) is 2. The summed E-state index contributed by atoms with van der Waals surface area (Å²) in [5.74, 6) is -0.231. The second-order valence-corrected chi connectivity index (χ2v) is 7.34. The molecule has 2 aromatic rings. The van der Waals surface area contributed by atoms with Crippen LogP contribution in [0.25, 0.3) is 0 Å². The van der Waals surface area contributed by atoms with Crippen molar-refractivity contribution in [3.8, 4) is 0 Å². The first-order valence-corrected chi connectivity index (χ1v) is 10.0. The third kappa shape index (κ3) is 4.69. The molecule has 1 aliphatic rings. The summed E-state index contributed by atoms with van der Waals surface area (Å²) in [7, 11) is 5.10. The smallest absolute Gasteiger partial charge is 0.340 e. The van der Waals surface area contributed by atoms with Crippen LogP contribution in [0.5, 0.6) is 0 Å². The SMILES string of the molecule is CNc1cnc(Nc2cc(F)c(C(=O)OC)cc2C)nc1N(C)C1CCC=CCC1.[HH]. The Morgan fingerprint density at radius 1 is 1.27 bits per heavy atom. The number of ether oxygens (including phenoxy) is 1. The molecule has 7 nitrogen and oxygen atoms in total. The molecule has 1 heterocycles. The molecule has 3 rings (SSSR count). The molecule has 1 aromatic heterocycles. The predicted octanol–water partition coefficient (Wildman–Crippen LogP) is 4.68. The summed E-state index contributed by atoms with van der Waals surface area (Å²) in [6.07, 6.45) is 10.4. The van der Waals surface area contributed by atoms with Gasteiger partial charge < -0.3 is 20.3 Å². The van der Waals surface area contributed by atoms with Crippen molar-refractivity contribution in [1.82, 2.24) is 9.97 Å². The van der Waals surface area contributed by atoms with Crippen molar-refractivity contribution in [2.75, 3.05) is 36.7 Å². The molecule has 0 fully saturated rings. The average molecular weight is 416 g/mol. The zero-order valence-electron chi connectivity index (χ0n) is 17.8. The van der Waals surface area contributed by atoms with Gasteiger partial charge in [-0.25, -0.2) is 14.2 Å². The largest absolute Gasteiger partial charge is 0.465 e. The third-order valence-corrected chi connectivity index (χ3v) is 5.39. The van der Waals surface area contributed by atoms with Gasteiger partial charge in [0.25, 0.3) is 0 Å². The molecule has 0 unspecified atom stereocenters. The lowest BCUT2D eigenvalue weighted by Gasteiger charge is -2.30. The number of halogens is 1. The Labute approximate surface area is 177 Å². The number of aromatic nitrogens is 2. The van der Waals surface area contributed by atoms with Crippen LogP contribution in [-0.4, -0.2) is 43.2 Å². The fourth-order valence-corrected chi connectivity index (χ4v) is 3.60. The first-order valence-electron chi connectivity index (χ1n) is 10.0. The predicted molar refractivity (Wildman–Crippen MR) is 119 cm³/mol. The van der Waals surface area contributed by atoms with E-state index >= 15 is 0 Å². The van der Waals surface area contributed by atoms with Gasteiger partial charge in [-0.05, 0) is 50.3 Å². The first-order chi connectivity index (χ1) is 14.4. The van der Waals surface area contributed by atoms with E-state index < -0.39 is 11.8 Å². The van der Waals surface area contributed by atoms with Gasteiger partial charge in [0.1, 0.15) is 5.82 Å². The summed E-state index contributed by atoms with van der Waals surface area (Å²) in [5, 5.41) is 6.23. The summed E-state index contributed by atoms with van der Waals surface area (Å²) < 4.78 is 19.0. The molecular weight excluding hydrogens is 385 g/mol. The van der Waals surface area contributed by atoms with E-state index in [1.807, 2.05) is 14.1 Å². The summed E-state index contributed by atoms with van der Waals surface area (Å²) in [4.78, 5) is 22.9. The van der Waals surface area contributed by atoms with Gasteiger partial charge in [-0.3, -0.25) is 0 Å².